The van der Waals surface area contributed by atoms with Crippen molar-refractivity contribution in [3.63, 3.8) is 0 Å². The molecule has 0 spiro atoms. The van der Waals surface area contributed by atoms with Crippen LogP contribution in [0.2, 0.25) is 0 Å². The second-order valence-corrected chi connectivity index (χ2v) is 6.93. The first kappa shape index (κ1) is 20.7. The third-order valence-electron chi connectivity index (χ3n) is 4.70. The number of nitrogens with zero attached hydrogens (tertiary/aromatic N) is 4. The fraction of sp³-hybridized carbons (Fsp3) is 0.250. The summed E-state index contributed by atoms with van der Waals surface area (Å²) in [5, 5.41) is 17.1. The van der Waals surface area contributed by atoms with E-state index in [0.717, 1.165) is 10.7 Å². The molecule has 2 N–H and O–H groups in total. The van der Waals surface area contributed by atoms with Gasteiger partial charge in [0.25, 0.3) is 17.9 Å². The number of aliphatic hydroxyl groups is 1. The van der Waals surface area contributed by atoms with Gasteiger partial charge in [0.15, 0.2) is 5.72 Å². The Labute approximate surface area is 174 Å². The molecule has 1 amide bonds. The SMILES string of the molecule is O=C(NC1(O)CCOC1)c1cc(-c2ccc(C(F)F)nc2)nn(-c2cccnc2)c1=O. The highest BCUT2D eigenvalue weighted by molar-refractivity contribution is 5.95. The molecular formula is C20H17F2N5O4. The molecule has 1 aliphatic heterocycles. The third kappa shape index (κ3) is 4.32. The molecule has 3 aromatic heterocycles. The normalized spacial score (nSPS) is 18.3. The maximum Gasteiger partial charge on any atom is 0.284 e. The maximum atomic E-state index is 13.0. The molecular weight excluding hydrogens is 412 g/mol. The molecule has 9 nitrogen and oxygen atoms in total. The molecule has 0 radical (unpaired) electrons. The monoisotopic (exact) mass is 429 g/mol. The van der Waals surface area contributed by atoms with Crippen LogP contribution in [0.25, 0.3) is 16.9 Å². The van der Waals surface area contributed by atoms with Gasteiger partial charge in [0, 0.05) is 24.4 Å². The Morgan fingerprint density at radius 2 is 2.13 bits per heavy atom. The number of amides is 1. The number of rotatable bonds is 5. The van der Waals surface area contributed by atoms with Crippen LogP contribution in [0.1, 0.15) is 28.9 Å². The molecule has 0 aromatic carbocycles. The average molecular weight is 429 g/mol. The molecule has 4 heterocycles. The summed E-state index contributed by atoms with van der Waals surface area (Å²) in [7, 11) is 0. The summed E-state index contributed by atoms with van der Waals surface area (Å²) in [5.41, 5.74) is -2.28. The van der Waals surface area contributed by atoms with E-state index in [0.29, 0.717) is 11.3 Å². The Morgan fingerprint density at radius 3 is 2.74 bits per heavy atom. The fourth-order valence-corrected chi connectivity index (χ4v) is 3.07. The number of carbonyl (C=O) groups is 1. The van der Waals surface area contributed by atoms with Crippen molar-refractivity contribution in [1.29, 1.82) is 0 Å². The number of pyridine rings is 2. The Morgan fingerprint density at radius 1 is 1.29 bits per heavy atom. The largest absolute Gasteiger partial charge is 0.376 e. The quantitative estimate of drug-likeness (QED) is 0.590. The van der Waals surface area contributed by atoms with Gasteiger partial charge >= 0.3 is 0 Å². The van der Waals surface area contributed by atoms with Crippen molar-refractivity contribution in [2.45, 2.75) is 18.6 Å². The van der Waals surface area contributed by atoms with Crippen molar-refractivity contribution >= 4 is 5.91 Å². The Hall–Kier alpha value is -3.57. The summed E-state index contributed by atoms with van der Waals surface area (Å²) in [6.07, 6.45) is 1.52. The molecule has 0 aliphatic carbocycles. The maximum absolute atomic E-state index is 13.0. The molecule has 1 unspecified atom stereocenters. The van der Waals surface area contributed by atoms with Gasteiger partial charge in [-0.15, -0.1) is 0 Å². The van der Waals surface area contributed by atoms with Gasteiger partial charge in [-0.2, -0.15) is 9.78 Å². The molecule has 1 atom stereocenters. The fourth-order valence-electron chi connectivity index (χ4n) is 3.07. The minimum absolute atomic E-state index is 0.105. The zero-order chi connectivity index (χ0) is 22.0. The summed E-state index contributed by atoms with van der Waals surface area (Å²) in [4.78, 5) is 33.5. The van der Waals surface area contributed by atoms with Gasteiger partial charge in [0.1, 0.15) is 11.3 Å². The average Bonchev–Trinajstić information content (AvgIpc) is 3.20. The van der Waals surface area contributed by atoms with E-state index in [1.165, 1.54) is 30.7 Å². The van der Waals surface area contributed by atoms with Crippen molar-refractivity contribution in [2.75, 3.05) is 13.2 Å². The van der Waals surface area contributed by atoms with Gasteiger partial charge in [-0.3, -0.25) is 19.6 Å². The molecule has 1 saturated heterocycles. The number of nitrogens with one attached hydrogen (secondary N) is 1. The molecule has 1 aliphatic rings. The lowest BCUT2D eigenvalue weighted by atomic mass is 10.1. The highest BCUT2D eigenvalue weighted by Gasteiger charge is 2.35. The number of carbonyl (C=O) groups excluding carboxylic acids is 1. The molecule has 0 saturated carbocycles. The minimum atomic E-state index is -2.73. The lowest BCUT2D eigenvalue weighted by molar-refractivity contribution is -0.000506. The first-order valence-corrected chi connectivity index (χ1v) is 9.28. The third-order valence-corrected chi connectivity index (χ3v) is 4.70. The second kappa shape index (κ2) is 8.28. The second-order valence-electron chi connectivity index (χ2n) is 6.93. The molecule has 1 fully saturated rings. The van der Waals surface area contributed by atoms with Crippen LogP contribution < -0.4 is 10.9 Å². The van der Waals surface area contributed by atoms with E-state index in [1.54, 1.807) is 12.1 Å². The van der Waals surface area contributed by atoms with E-state index in [4.69, 9.17) is 4.74 Å². The number of aromatic nitrogens is 4. The van der Waals surface area contributed by atoms with Crippen molar-refractivity contribution in [3.8, 4) is 16.9 Å². The summed E-state index contributed by atoms with van der Waals surface area (Å²) >= 11 is 0. The molecule has 160 valence electrons. The number of hydrogen-bond acceptors (Lipinski definition) is 7. The lowest BCUT2D eigenvalue weighted by Crippen LogP contribution is -2.50. The van der Waals surface area contributed by atoms with Crippen LogP contribution >= 0.6 is 0 Å². The van der Waals surface area contributed by atoms with Crippen LogP contribution in [-0.2, 0) is 4.74 Å². The summed E-state index contributed by atoms with van der Waals surface area (Å²) < 4.78 is 31.7. The van der Waals surface area contributed by atoms with Crippen LogP contribution in [0.5, 0.6) is 0 Å². The van der Waals surface area contributed by atoms with Crippen molar-refractivity contribution in [1.82, 2.24) is 25.1 Å². The van der Waals surface area contributed by atoms with Crippen LogP contribution in [-0.4, -0.2) is 49.7 Å². The predicted molar refractivity (Wildman–Crippen MR) is 104 cm³/mol. The Kier molecular flexibility index (Phi) is 5.53. The van der Waals surface area contributed by atoms with Crippen molar-refractivity contribution < 1.29 is 23.4 Å². The van der Waals surface area contributed by atoms with Crippen molar-refractivity contribution in [3.05, 3.63) is 70.5 Å². The van der Waals surface area contributed by atoms with Gasteiger partial charge in [-0.05, 0) is 30.3 Å². The van der Waals surface area contributed by atoms with E-state index in [1.807, 2.05) is 0 Å². The molecule has 3 aromatic rings. The number of ether oxygens (including phenoxy) is 1. The van der Waals surface area contributed by atoms with Crippen molar-refractivity contribution in [2.24, 2.45) is 0 Å². The highest BCUT2D eigenvalue weighted by atomic mass is 19.3. The van der Waals surface area contributed by atoms with Gasteiger partial charge in [0.2, 0.25) is 0 Å². The van der Waals surface area contributed by atoms with E-state index in [-0.39, 0.29) is 30.9 Å². The lowest BCUT2D eigenvalue weighted by Gasteiger charge is -2.22. The topological polar surface area (TPSA) is 119 Å². The standard InChI is InChI=1S/C20H17F2N5O4/c21-17(22)15-4-3-12(9-24-15)16-8-14(18(28)25-20(30)5-7-31-11-20)19(29)27(26-16)13-2-1-6-23-10-13/h1-4,6,8-10,17,30H,5,7,11H2,(H,25,28). The van der Waals surface area contributed by atoms with Crippen LogP contribution in [0, 0.1) is 0 Å². The number of hydrogen-bond donors (Lipinski definition) is 2. The summed E-state index contributed by atoms with van der Waals surface area (Å²) in [6.45, 7) is 0.160. The summed E-state index contributed by atoms with van der Waals surface area (Å²) in [6, 6.07) is 6.90. The van der Waals surface area contributed by atoms with Gasteiger partial charge in [0.05, 0.1) is 30.8 Å². The van der Waals surface area contributed by atoms with Crippen LogP contribution in [0.3, 0.4) is 0 Å². The van der Waals surface area contributed by atoms with E-state index in [9.17, 15) is 23.5 Å². The van der Waals surface area contributed by atoms with E-state index in [2.05, 4.69) is 20.4 Å². The van der Waals surface area contributed by atoms with Crippen LogP contribution in [0.4, 0.5) is 8.78 Å². The zero-order valence-corrected chi connectivity index (χ0v) is 16.0. The highest BCUT2D eigenvalue weighted by Crippen LogP contribution is 2.22. The molecule has 11 heteroatoms. The van der Waals surface area contributed by atoms with Gasteiger partial charge < -0.3 is 15.2 Å². The number of alkyl halides is 2. The minimum Gasteiger partial charge on any atom is -0.376 e. The molecule has 31 heavy (non-hydrogen) atoms. The Bertz CT molecular complexity index is 1150. The number of halogens is 2. The Balaban J connectivity index is 1.81. The molecule has 0 bridgehead atoms. The van der Waals surface area contributed by atoms with Crippen LogP contribution in [0.15, 0.2) is 53.7 Å². The first-order chi connectivity index (χ1) is 14.9. The summed E-state index contributed by atoms with van der Waals surface area (Å²) in [5.74, 6) is -0.823. The smallest absolute Gasteiger partial charge is 0.284 e. The molecule has 4 rings (SSSR count). The van der Waals surface area contributed by atoms with E-state index < -0.39 is 29.3 Å². The zero-order valence-electron chi connectivity index (χ0n) is 16.0. The van der Waals surface area contributed by atoms with E-state index >= 15 is 0 Å². The van der Waals surface area contributed by atoms with Gasteiger partial charge in [-0.1, -0.05) is 0 Å². The van der Waals surface area contributed by atoms with Gasteiger partial charge in [-0.25, -0.2) is 8.78 Å². The first-order valence-electron chi connectivity index (χ1n) is 9.28. The predicted octanol–water partition coefficient (Wildman–Crippen LogP) is 1.47.